The molecule has 1 aliphatic rings. The first-order valence-corrected chi connectivity index (χ1v) is 8.31. The van der Waals surface area contributed by atoms with Gasteiger partial charge in [0.2, 0.25) is 0 Å². The predicted octanol–water partition coefficient (Wildman–Crippen LogP) is 3.76. The van der Waals surface area contributed by atoms with Crippen molar-refractivity contribution in [1.82, 2.24) is 4.90 Å². The smallest absolute Gasteiger partial charge is 0.303 e. The van der Waals surface area contributed by atoms with Crippen LogP contribution in [-0.2, 0) is 4.79 Å². The van der Waals surface area contributed by atoms with Crippen LogP contribution < -0.4 is 0 Å². The fraction of sp³-hybridized carbons (Fsp3) is 0.588. The van der Waals surface area contributed by atoms with Gasteiger partial charge < -0.3 is 15.1 Å². The van der Waals surface area contributed by atoms with Gasteiger partial charge in [0.1, 0.15) is 0 Å². The van der Waals surface area contributed by atoms with Gasteiger partial charge in [0.15, 0.2) is 0 Å². The number of nitrogens with zero attached hydrogens (tertiary/aromatic N) is 1. The second-order valence-corrected chi connectivity index (χ2v) is 6.46. The van der Waals surface area contributed by atoms with Crippen molar-refractivity contribution in [3.05, 3.63) is 34.9 Å². The van der Waals surface area contributed by atoms with Crippen molar-refractivity contribution in [2.75, 3.05) is 19.6 Å². The third kappa shape index (κ3) is 6.68. The molecule has 0 bridgehead atoms. The molecule has 2 rings (SSSR count). The van der Waals surface area contributed by atoms with E-state index < -0.39 is 12.1 Å². The highest BCUT2D eigenvalue weighted by Crippen LogP contribution is 2.31. The van der Waals surface area contributed by atoms with Crippen LogP contribution >= 0.6 is 24.0 Å². The van der Waals surface area contributed by atoms with E-state index in [4.69, 9.17) is 16.7 Å². The molecule has 23 heavy (non-hydrogen) atoms. The van der Waals surface area contributed by atoms with Crippen molar-refractivity contribution in [3.8, 4) is 0 Å². The average molecular weight is 362 g/mol. The first-order valence-electron chi connectivity index (χ1n) is 7.94. The van der Waals surface area contributed by atoms with E-state index in [1.165, 1.54) is 0 Å². The maximum absolute atomic E-state index is 10.5. The predicted molar refractivity (Wildman–Crippen MR) is 94.3 cm³/mol. The van der Waals surface area contributed by atoms with Crippen LogP contribution in [0.4, 0.5) is 0 Å². The summed E-state index contributed by atoms with van der Waals surface area (Å²) in [5, 5.41) is 19.8. The van der Waals surface area contributed by atoms with Crippen molar-refractivity contribution in [2.45, 2.75) is 38.2 Å². The summed E-state index contributed by atoms with van der Waals surface area (Å²) in [6.07, 6.45) is 3.45. The number of hydrogen-bond acceptors (Lipinski definition) is 3. The number of carbonyl (C=O) groups is 1. The van der Waals surface area contributed by atoms with Gasteiger partial charge >= 0.3 is 5.97 Å². The Hall–Kier alpha value is -0.810. The van der Waals surface area contributed by atoms with Crippen LogP contribution in [-0.4, -0.2) is 40.7 Å². The van der Waals surface area contributed by atoms with Gasteiger partial charge in [-0.25, -0.2) is 0 Å². The van der Waals surface area contributed by atoms with Gasteiger partial charge in [-0.1, -0.05) is 23.7 Å². The standard InChI is InChI=1S/C17H24ClNO3.ClH/c18-15-6-4-13(5-7-15)17(22)14-8-11-19(12-9-14)10-2-1-3-16(20)21;/h4-7,14,17,22H,1-3,8-12H2,(H,20,21);1H. The zero-order valence-electron chi connectivity index (χ0n) is 13.2. The van der Waals surface area contributed by atoms with Gasteiger partial charge in [-0.3, -0.25) is 4.79 Å². The Morgan fingerprint density at radius 1 is 1.22 bits per heavy atom. The van der Waals surface area contributed by atoms with Gasteiger partial charge in [0.25, 0.3) is 0 Å². The first-order chi connectivity index (χ1) is 10.6. The number of piperidine rings is 1. The highest BCUT2D eigenvalue weighted by Gasteiger charge is 2.25. The Bertz CT molecular complexity index is 473. The molecule has 1 heterocycles. The Kier molecular flexibility index (Phi) is 8.92. The number of benzene rings is 1. The number of aliphatic hydroxyl groups is 1. The lowest BCUT2D eigenvalue weighted by molar-refractivity contribution is -0.137. The largest absolute Gasteiger partial charge is 0.481 e. The third-order valence-electron chi connectivity index (χ3n) is 4.41. The lowest BCUT2D eigenvalue weighted by Gasteiger charge is -2.34. The normalized spacial score (nSPS) is 17.5. The van der Waals surface area contributed by atoms with Crippen LogP contribution in [0.1, 0.15) is 43.8 Å². The molecule has 1 saturated heterocycles. The van der Waals surface area contributed by atoms with Crippen molar-refractivity contribution >= 4 is 30.0 Å². The number of carboxylic acid groups (broad SMARTS) is 1. The molecule has 6 heteroatoms. The van der Waals surface area contributed by atoms with Gasteiger partial charge in [0, 0.05) is 11.4 Å². The molecule has 4 nitrogen and oxygen atoms in total. The zero-order chi connectivity index (χ0) is 15.9. The molecule has 1 aliphatic heterocycles. The summed E-state index contributed by atoms with van der Waals surface area (Å²) >= 11 is 5.88. The molecule has 2 N–H and O–H groups in total. The van der Waals surface area contributed by atoms with E-state index in [9.17, 15) is 9.90 Å². The van der Waals surface area contributed by atoms with Crippen molar-refractivity contribution in [1.29, 1.82) is 0 Å². The molecule has 0 saturated carbocycles. The average Bonchev–Trinajstić information content (AvgIpc) is 2.52. The van der Waals surface area contributed by atoms with Crippen LogP contribution in [0.5, 0.6) is 0 Å². The molecule has 0 radical (unpaired) electrons. The minimum absolute atomic E-state index is 0. The Morgan fingerprint density at radius 3 is 2.39 bits per heavy atom. The number of rotatable bonds is 7. The van der Waals surface area contributed by atoms with Crippen LogP contribution in [0.2, 0.25) is 5.02 Å². The monoisotopic (exact) mass is 361 g/mol. The van der Waals surface area contributed by atoms with Gasteiger partial charge in [0.05, 0.1) is 6.10 Å². The topological polar surface area (TPSA) is 60.8 Å². The van der Waals surface area contributed by atoms with E-state index in [0.29, 0.717) is 5.02 Å². The number of likely N-dealkylation sites (tertiary alicyclic amines) is 1. The van der Waals surface area contributed by atoms with Gasteiger partial charge in [-0.05, 0) is 68.9 Å². The number of aliphatic hydroxyl groups excluding tert-OH is 1. The van der Waals surface area contributed by atoms with E-state index in [2.05, 4.69) is 4.90 Å². The molecular formula is C17H25Cl2NO3. The molecule has 0 aliphatic carbocycles. The molecule has 1 atom stereocenters. The van der Waals surface area contributed by atoms with E-state index in [1.807, 2.05) is 24.3 Å². The lowest BCUT2D eigenvalue weighted by Crippen LogP contribution is -2.36. The number of halogens is 2. The maximum Gasteiger partial charge on any atom is 0.303 e. The van der Waals surface area contributed by atoms with Gasteiger partial charge in [-0.2, -0.15) is 0 Å². The van der Waals surface area contributed by atoms with E-state index in [0.717, 1.165) is 50.9 Å². The number of unbranched alkanes of at least 4 members (excludes halogenated alkanes) is 1. The summed E-state index contributed by atoms with van der Waals surface area (Å²) in [4.78, 5) is 12.8. The Morgan fingerprint density at radius 2 is 1.83 bits per heavy atom. The summed E-state index contributed by atoms with van der Waals surface area (Å²) in [7, 11) is 0. The molecule has 0 aromatic heterocycles. The van der Waals surface area contributed by atoms with Gasteiger partial charge in [-0.15, -0.1) is 12.4 Å². The maximum atomic E-state index is 10.5. The fourth-order valence-corrected chi connectivity index (χ4v) is 3.16. The summed E-state index contributed by atoms with van der Waals surface area (Å²) in [6.45, 7) is 2.90. The zero-order valence-corrected chi connectivity index (χ0v) is 14.7. The van der Waals surface area contributed by atoms with Crippen molar-refractivity contribution in [3.63, 3.8) is 0 Å². The van der Waals surface area contributed by atoms with Crippen LogP contribution in [0.25, 0.3) is 0 Å². The molecule has 1 fully saturated rings. The molecule has 0 spiro atoms. The number of hydrogen-bond donors (Lipinski definition) is 2. The Balaban J connectivity index is 0.00000264. The van der Waals surface area contributed by atoms with Crippen LogP contribution in [0.3, 0.4) is 0 Å². The van der Waals surface area contributed by atoms with Crippen LogP contribution in [0.15, 0.2) is 24.3 Å². The quantitative estimate of drug-likeness (QED) is 0.725. The van der Waals surface area contributed by atoms with E-state index >= 15 is 0 Å². The fourth-order valence-electron chi connectivity index (χ4n) is 3.04. The van der Waals surface area contributed by atoms with E-state index in [-0.39, 0.29) is 24.7 Å². The second-order valence-electron chi connectivity index (χ2n) is 6.03. The number of aliphatic carboxylic acids is 1. The minimum atomic E-state index is -0.718. The van der Waals surface area contributed by atoms with Crippen molar-refractivity contribution in [2.24, 2.45) is 5.92 Å². The summed E-state index contributed by atoms with van der Waals surface area (Å²) < 4.78 is 0. The lowest BCUT2D eigenvalue weighted by atomic mass is 9.87. The molecule has 1 aromatic carbocycles. The molecule has 0 amide bonds. The summed E-state index contributed by atoms with van der Waals surface area (Å²) in [5.41, 5.74) is 0.935. The molecule has 1 aromatic rings. The minimum Gasteiger partial charge on any atom is -0.481 e. The van der Waals surface area contributed by atoms with Crippen molar-refractivity contribution < 1.29 is 15.0 Å². The summed E-state index contributed by atoms with van der Waals surface area (Å²) in [6, 6.07) is 7.42. The highest BCUT2D eigenvalue weighted by atomic mass is 35.5. The molecular weight excluding hydrogens is 337 g/mol. The molecule has 1 unspecified atom stereocenters. The first kappa shape index (κ1) is 20.2. The SMILES string of the molecule is Cl.O=C(O)CCCCN1CCC(C(O)c2ccc(Cl)cc2)CC1. The second kappa shape index (κ2) is 10.1. The van der Waals surface area contributed by atoms with E-state index in [1.54, 1.807) is 0 Å². The highest BCUT2D eigenvalue weighted by molar-refractivity contribution is 6.30. The summed E-state index contributed by atoms with van der Waals surface area (Å²) in [5.74, 6) is -0.429. The number of carboxylic acids is 1. The molecule has 130 valence electrons. The van der Waals surface area contributed by atoms with Crippen LogP contribution in [0, 0.1) is 5.92 Å². The Labute approximate surface area is 148 Å². The third-order valence-corrected chi connectivity index (χ3v) is 4.66.